The standard InChI is InChI=1S/C20H27N5O/c1-4-24(5-2)17-10-8-16(9-11-17)22-20-21-15(3)14-18(23-20)19(26)25-12-6-7-13-25/h8-11,14H,4-7,12-13H2,1-3H3,(H,21,22,23). The second kappa shape index (κ2) is 8.17. The van der Waals surface area contributed by atoms with Gasteiger partial charge in [0.05, 0.1) is 0 Å². The van der Waals surface area contributed by atoms with Crippen LogP contribution in [0.4, 0.5) is 17.3 Å². The maximum atomic E-state index is 12.6. The number of nitrogens with one attached hydrogen (secondary N) is 1. The van der Waals surface area contributed by atoms with Crippen molar-refractivity contribution in [2.45, 2.75) is 33.6 Å². The molecule has 2 aromatic rings. The second-order valence-electron chi connectivity index (χ2n) is 6.56. The van der Waals surface area contributed by atoms with Gasteiger partial charge in [0, 0.05) is 43.2 Å². The number of aryl methyl sites for hydroxylation is 1. The largest absolute Gasteiger partial charge is 0.372 e. The van der Waals surface area contributed by atoms with E-state index < -0.39 is 0 Å². The van der Waals surface area contributed by atoms with Gasteiger partial charge in [-0.2, -0.15) is 0 Å². The van der Waals surface area contributed by atoms with Gasteiger partial charge < -0.3 is 15.1 Å². The lowest BCUT2D eigenvalue weighted by molar-refractivity contribution is 0.0787. The molecule has 138 valence electrons. The zero-order chi connectivity index (χ0) is 18.5. The highest BCUT2D eigenvalue weighted by Gasteiger charge is 2.21. The maximum absolute atomic E-state index is 12.6. The predicted molar refractivity (Wildman–Crippen MR) is 105 cm³/mol. The molecule has 0 aliphatic carbocycles. The SMILES string of the molecule is CCN(CC)c1ccc(Nc2nc(C)cc(C(=O)N3CCCC3)n2)cc1. The molecule has 1 amide bonds. The number of rotatable bonds is 6. The van der Waals surface area contributed by atoms with Gasteiger partial charge in [-0.3, -0.25) is 4.79 Å². The van der Waals surface area contributed by atoms with Gasteiger partial charge in [0.1, 0.15) is 5.69 Å². The third-order valence-electron chi connectivity index (χ3n) is 4.72. The van der Waals surface area contributed by atoms with Crippen LogP contribution in [0.1, 0.15) is 42.9 Å². The molecular formula is C20H27N5O. The first-order chi connectivity index (χ1) is 12.6. The third-order valence-corrected chi connectivity index (χ3v) is 4.72. The van der Waals surface area contributed by atoms with Crippen LogP contribution < -0.4 is 10.2 Å². The number of carbonyl (C=O) groups excluding carboxylic acids is 1. The summed E-state index contributed by atoms with van der Waals surface area (Å²) < 4.78 is 0. The molecule has 1 aromatic heterocycles. The van der Waals surface area contributed by atoms with Gasteiger partial charge in [0.15, 0.2) is 0 Å². The fourth-order valence-corrected chi connectivity index (χ4v) is 3.29. The van der Waals surface area contributed by atoms with Crippen LogP contribution in [0, 0.1) is 6.92 Å². The van der Waals surface area contributed by atoms with Crippen LogP contribution in [-0.2, 0) is 0 Å². The van der Waals surface area contributed by atoms with E-state index in [0.717, 1.165) is 50.4 Å². The summed E-state index contributed by atoms with van der Waals surface area (Å²) in [7, 11) is 0. The third kappa shape index (κ3) is 4.12. The number of benzene rings is 1. The summed E-state index contributed by atoms with van der Waals surface area (Å²) in [6, 6.07) is 9.96. The molecule has 1 N–H and O–H groups in total. The maximum Gasteiger partial charge on any atom is 0.272 e. The van der Waals surface area contributed by atoms with E-state index in [1.54, 1.807) is 6.07 Å². The molecule has 0 saturated carbocycles. The molecule has 0 bridgehead atoms. The van der Waals surface area contributed by atoms with Crippen LogP contribution in [0.3, 0.4) is 0 Å². The van der Waals surface area contributed by atoms with Crippen molar-refractivity contribution in [2.24, 2.45) is 0 Å². The minimum absolute atomic E-state index is 0.00655. The molecule has 0 atom stereocenters. The summed E-state index contributed by atoms with van der Waals surface area (Å²) in [5.41, 5.74) is 3.34. The van der Waals surface area contributed by atoms with Crippen molar-refractivity contribution >= 4 is 23.2 Å². The molecule has 1 aliphatic heterocycles. The molecular weight excluding hydrogens is 326 g/mol. The van der Waals surface area contributed by atoms with Crippen molar-refractivity contribution in [1.82, 2.24) is 14.9 Å². The second-order valence-corrected chi connectivity index (χ2v) is 6.56. The zero-order valence-corrected chi connectivity index (χ0v) is 15.8. The molecule has 0 radical (unpaired) electrons. The number of nitrogens with zero attached hydrogens (tertiary/aromatic N) is 4. The summed E-state index contributed by atoms with van der Waals surface area (Å²) in [5, 5.41) is 3.22. The van der Waals surface area contributed by atoms with E-state index in [2.05, 4.69) is 46.2 Å². The van der Waals surface area contributed by atoms with E-state index in [4.69, 9.17) is 0 Å². The van der Waals surface area contributed by atoms with Crippen LogP contribution >= 0.6 is 0 Å². The predicted octanol–water partition coefficient (Wildman–Crippen LogP) is 3.61. The molecule has 1 fully saturated rings. The highest BCUT2D eigenvalue weighted by Crippen LogP contribution is 2.20. The molecule has 2 heterocycles. The zero-order valence-electron chi connectivity index (χ0n) is 15.8. The van der Waals surface area contributed by atoms with Crippen molar-refractivity contribution in [1.29, 1.82) is 0 Å². The van der Waals surface area contributed by atoms with Crippen LogP contribution in [-0.4, -0.2) is 47.0 Å². The Morgan fingerprint density at radius 1 is 1.12 bits per heavy atom. The quantitative estimate of drug-likeness (QED) is 0.859. The molecule has 1 aliphatic rings. The number of hydrogen-bond acceptors (Lipinski definition) is 5. The van der Waals surface area contributed by atoms with Gasteiger partial charge in [-0.05, 0) is 63.9 Å². The van der Waals surface area contributed by atoms with Gasteiger partial charge in [-0.15, -0.1) is 0 Å². The van der Waals surface area contributed by atoms with Crippen molar-refractivity contribution in [3.8, 4) is 0 Å². The summed E-state index contributed by atoms with van der Waals surface area (Å²) in [5.74, 6) is 0.455. The van der Waals surface area contributed by atoms with Gasteiger partial charge in [-0.1, -0.05) is 0 Å². The monoisotopic (exact) mass is 353 g/mol. The molecule has 1 saturated heterocycles. The molecule has 26 heavy (non-hydrogen) atoms. The first kappa shape index (κ1) is 18.2. The number of amides is 1. The van der Waals surface area contributed by atoms with Gasteiger partial charge in [0.2, 0.25) is 5.95 Å². The van der Waals surface area contributed by atoms with E-state index in [-0.39, 0.29) is 5.91 Å². The van der Waals surface area contributed by atoms with Crippen LogP contribution in [0.25, 0.3) is 0 Å². The number of carbonyl (C=O) groups is 1. The minimum atomic E-state index is -0.00655. The number of aromatic nitrogens is 2. The van der Waals surface area contributed by atoms with Crippen molar-refractivity contribution in [2.75, 3.05) is 36.4 Å². The number of likely N-dealkylation sites (tertiary alicyclic amines) is 1. The fourth-order valence-electron chi connectivity index (χ4n) is 3.29. The average Bonchev–Trinajstić information content (AvgIpc) is 3.17. The minimum Gasteiger partial charge on any atom is -0.372 e. The number of hydrogen-bond donors (Lipinski definition) is 1. The Hall–Kier alpha value is -2.63. The summed E-state index contributed by atoms with van der Waals surface area (Å²) in [6.45, 7) is 9.77. The van der Waals surface area contributed by atoms with Crippen molar-refractivity contribution in [3.63, 3.8) is 0 Å². The van der Waals surface area contributed by atoms with E-state index in [1.807, 2.05) is 24.0 Å². The molecule has 0 spiro atoms. The van der Waals surface area contributed by atoms with Crippen LogP contribution in [0.2, 0.25) is 0 Å². The normalized spacial score (nSPS) is 13.7. The topological polar surface area (TPSA) is 61.4 Å². The molecule has 0 unspecified atom stereocenters. The smallest absolute Gasteiger partial charge is 0.272 e. The lowest BCUT2D eigenvalue weighted by Gasteiger charge is -2.21. The fraction of sp³-hybridized carbons (Fsp3) is 0.450. The molecule has 6 heteroatoms. The lowest BCUT2D eigenvalue weighted by Crippen LogP contribution is -2.28. The Morgan fingerprint density at radius 2 is 1.77 bits per heavy atom. The Kier molecular flexibility index (Phi) is 5.71. The first-order valence-electron chi connectivity index (χ1n) is 9.37. The van der Waals surface area contributed by atoms with E-state index in [0.29, 0.717) is 11.6 Å². The Balaban J connectivity index is 1.76. The highest BCUT2D eigenvalue weighted by atomic mass is 16.2. The van der Waals surface area contributed by atoms with Gasteiger partial charge in [-0.25, -0.2) is 9.97 Å². The molecule has 6 nitrogen and oxygen atoms in total. The van der Waals surface area contributed by atoms with Gasteiger partial charge in [0.25, 0.3) is 5.91 Å². The van der Waals surface area contributed by atoms with Crippen molar-refractivity contribution < 1.29 is 4.79 Å². The first-order valence-corrected chi connectivity index (χ1v) is 9.37. The Morgan fingerprint density at radius 3 is 2.38 bits per heavy atom. The van der Waals surface area contributed by atoms with E-state index in [9.17, 15) is 4.79 Å². The lowest BCUT2D eigenvalue weighted by atomic mass is 10.2. The Labute approximate surface area is 155 Å². The summed E-state index contributed by atoms with van der Waals surface area (Å²) in [6.07, 6.45) is 2.14. The van der Waals surface area contributed by atoms with Crippen LogP contribution in [0.5, 0.6) is 0 Å². The summed E-state index contributed by atoms with van der Waals surface area (Å²) in [4.78, 5) is 25.6. The Bertz CT molecular complexity index is 749. The average molecular weight is 353 g/mol. The van der Waals surface area contributed by atoms with Crippen LogP contribution in [0.15, 0.2) is 30.3 Å². The van der Waals surface area contributed by atoms with E-state index in [1.165, 1.54) is 5.69 Å². The highest BCUT2D eigenvalue weighted by molar-refractivity contribution is 5.92. The van der Waals surface area contributed by atoms with E-state index >= 15 is 0 Å². The molecule has 1 aromatic carbocycles. The summed E-state index contributed by atoms with van der Waals surface area (Å²) >= 11 is 0. The van der Waals surface area contributed by atoms with Crippen molar-refractivity contribution in [3.05, 3.63) is 41.7 Å². The van der Waals surface area contributed by atoms with Gasteiger partial charge >= 0.3 is 0 Å². The number of anilines is 3. The molecule has 3 rings (SSSR count).